The van der Waals surface area contributed by atoms with Crippen molar-refractivity contribution in [1.82, 2.24) is 0 Å². The van der Waals surface area contributed by atoms with Crippen molar-refractivity contribution in [3.8, 4) is 0 Å². The predicted octanol–water partition coefficient (Wildman–Crippen LogP) is 3.56. The summed E-state index contributed by atoms with van der Waals surface area (Å²) in [5, 5.41) is 10.6. The zero-order chi connectivity index (χ0) is 16.7. The molecule has 0 spiro atoms. The zero-order valence-electron chi connectivity index (χ0n) is 13.2. The zero-order valence-corrected chi connectivity index (χ0v) is 13.2. The first-order valence-electron chi connectivity index (χ1n) is 7.08. The van der Waals surface area contributed by atoms with Crippen LogP contribution in [0.3, 0.4) is 0 Å². The molecule has 5 heteroatoms. The number of benzene rings is 1. The molecule has 118 valence electrons. The number of amidine groups is 1. The van der Waals surface area contributed by atoms with Crippen molar-refractivity contribution < 1.29 is 4.39 Å². The Morgan fingerprint density at radius 3 is 2.55 bits per heavy atom. The number of hydrogen-bond acceptors (Lipinski definition) is 3. The molecule has 0 radical (unpaired) electrons. The maximum absolute atomic E-state index is 13.8. The van der Waals surface area contributed by atoms with E-state index in [1.807, 2.05) is 19.9 Å². The third-order valence-corrected chi connectivity index (χ3v) is 3.07. The number of aryl methyl sites for hydroxylation is 1. The Labute approximate surface area is 130 Å². The summed E-state index contributed by atoms with van der Waals surface area (Å²) in [6, 6.07) is 4.90. The van der Waals surface area contributed by atoms with Gasteiger partial charge in [0.2, 0.25) is 0 Å². The first-order chi connectivity index (χ1) is 10.4. The van der Waals surface area contributed by atoms with Crippen LogP contribution in [0.5, 0.6) is 0 Å². The average Bonchev–Trinajstić information content (AvgIpc) is 2.43. The second-order valence-corrected chi connectivity index (χ2v) is 4.97. The van der Waals surface area contributed by atoms with Crippen molar-refractivity contribution in [2.24, 2.45) is 11.5 Å². The van der Waals surface area contributed by atoms with Crippen LogP contribution in [0.15, 0.2) is 53.4 Å². The first kappa shape index (κ1) is 17.5. The van der Waals surface area contributed by atoms with Gasteiger partial charge in [-0.3, -0.25) is 5.41 Å². The third-order valence-electron chi connectivity index (χ3n) is 3.07. The lowest BCUT2D eigenvalue weighted by Gasteiger charge is -2.11. The summed E-state index contributed by atoms with van der Waals surface area (Å²) < 4.78 is 13.8. The second-order valence-electron chi connectivity index (χ2n) is 4.97. The largest absolute Gasteiger partial charge is 0.398 e. The van der Waals surface area contributed by atoms with Crippen molar-refractivity contribution in [2.75, 3.05) is 5.32 Å². The van der Waals surface area contributed by atoms with Crippen LogP contribution in [0, 0.1) is 18.2 Å². The Kier molecular flexibility index (Phi) is 6.38. The van der Waals surface area contributed by atoms with E-state index in [1.165, 1.54) is 6.07 Å². The van der Waals surface area contributed by atoms with Gasteiger partial charge in [0.25, 0.3) is 0 Å². The molecule has 1 aromatic rings. The SMILES string of the molecule is CC/C=C(N)/C(=C\C=C(/C)Nc1c(C)cccc1F)C(=N)N. The molecule has 0 aliphatic heterocycles. The number of rotatable bonds is 6. The van der Waals surface area contributed by atoms with Crippen molar-refractivity contribution >= 4 is 11.5 Å². The fraction of sp³-hybridized carbons (Fsp3) is 0.235. The van der Waals surface area contributed by atoms with E-state index in [1.54, 1.807) is 31.2 Å². The van der Waals surface area contributed by atoms with E-state index in [4.69, 9.17) is 16.9 Å². The Hall–Kier alpha value is -2.56. The van der Waals surface area contributed by atoms with E-state index >= 15 is 0 Å². The molecule has 0 heterocycles. The molecule has 1 rings (SSSR count). The van der Waals surface area contributed by atoms with Crippen LogP contribution in [-0.2, 0) is 0 Å². The molecule has 0 fully saturated rings. The highest BCUT2D eigenvalue weighted by Crippen LogP contribution is 2.20. The summed E-state index contributed by atoms with van der Waals surface area (Å²) >= 11 is 0. The second kappa shape index (κ2) is 8.02. The number of para-hydroxylation sites is 1. The highest BCUT2D eigenvalue weighted by atomic mass is 19.1. The Bertz CT molecular complexity index is 622. The smallest absolute Gasteiger partial charge is 0.146 e. The summed E-state index contributed by atoms with van der Waals surface area (Å²) in [4.78, 5) is 0. The lowest BCUT2D eigenvalue weighted by atomic mass is 10.1. The van der Waals surface area contributed by atoms with E-state index < -0.39 is 0 Å². The summed E-state index contributed by atoms with van der Waals surface area (Å²) in [6.45, 7) is 5.59. The lowest BCUT2D eigenvalue weighted by Crippen LogP contribution is -2.18. The molecule has 0 saturated heterocycles. The van der Waals surface area contributed by atoms with Gasteiger partial charge in [-0.25, -0.2) is 4.39 Å². The molecule has 0 atom stereocenters. The number of halogens is 1. The molecule has 0 amide bonds. The van der Waals surface area contributed by atoms with Crippen LogP contribution >= 0.6 is 0 Å². The van der Waals surface area contributed by atoms with E-state index in [-0.39, 0.29) is 11.7 Å². The minimum atomic E-state index is -0.311. The van der Waals surface area contributed by atoms with Gasteiger partial charge in [-0.05, 0) is 44.1 Å². The van der Waals surface area contributed by atoms with Crippen molar-refractivity contribution in [2.45, 2.75) is 27.2 Å². The first-order valence-corrected chi connectivity index (χ1v) is 7.08. The molecular formula is C17H23FN4. The summed E-state index contributed by atoms with van der Waals surface area (Å²) in [7, 11) is 0. The molecule has 0 aliphatic rings. The van der Waals surface area contributed by atoms with Gasteiger partial charge in [0, 0.05) is 17.0 Å². The van der Waals surface area contributed by atoms with Crippen LogP contribution in [0.4, 0.5) is 10.1 Å². The Morgan fingerprint density at radius 1 is 1.32 bits per heavy atom. The molecule has 0 aliphatic carbocycles. The average molecular weight is 302 g/mol. The highest BCUT2D eigenvalue weighted by molar-refractivity contribution is 5.98. The van der Waals surface area contributed by atoms with Crippen LogP contribution in [0.25, 0.3) is 0 Å². The van der Waals surface area contributed by atoms with Gasteiger partial charge in [-0.15, -0.1) is 0 Å². The topological polar surface area (TPSA) is 87.9 Å². The normalized spacial score (nSPS) is 13.2. The van der Waals surface area contributed by atoms with Crippen LogP contribution in [0.1, 0.15) is 25.8 Å². The Morgan fingerprint density at radius 2 is 2.00 bits per heavy atom. The molecular weight excluding hydrogens is 279 g/mol. The highest BCUT2D eigenvalue weighted by Gasteiger charge is 2.06. The molecule has 6 N–H and O–H groups in total. The van der Waals surface area contributed by atoms with Gasteiger partial charge in [0.15, 0.2) is 0 Å². The van der Waals surface area contributed by atoms with Crippen LogP contribution in [0.2, 0.25) is 0 Å². The number of anilines is 1. The maximum Gasteiger partial charge on any atom is 0.146 e. The number of allylic oxidation sites excluding steroid dienone is 4. The fourth-order valence-corrected chi connectivity index (χ4v) is 1.91. The van der Waals surface area contributed by atoms with E-state index in [0.29, 0.717) is 17.0 Å². The van der Waals surface area contributed by atoms with Gasteiger partial charge in [-0.2, -0.15) is 0 Å². The van der Waals surface area contributed by atoms with Gasteiger partial charge in [0.1, 0.15) is 11.7 Å². The maximum atomic E-state index is 13.8. The fourth-order valence-electron chi connectivity index (χ4n) is 1.91. The number of hydrogen-bond donors (Lipinski definition) is 4. The minimum Gasteiger partial charge on any atom is -0.398 e. The number of nitrogens with two attached hydrogens (primary N) is 2. The quantitative estimate of drug-likeness (QED) is 0.368. The minimum absolute atomic E-state index is 0.103. The van der Waals surface area contributed by atoms with E-state index in [2.05, 4.69) is 5.32 Å². The molecule has 22 heavy (non-hydrogen) atoms. The van der Waals surface area contributed by atoms with Crippen molar-refractivity contribution in [3.63, 3.8) is 0 Å². The summed E-state index contributed by atoms with van der Waals surface area (Å²) in [5.74, 6) is -0.415. The molecule has 1 aromatic carbocycles. The monoisotopic (exact) mass is 302 g/mol. The van der Waals surface area contributed by atoms with Gasteiger partial charge >= 0.3 is 0 Å². The van der Waals surface area contributed by atoms with E-state index in [0.717, 1.165) is 17.7 Å². The molecule has 0 saturated carbocycles. The predicted molar refractivity (Wildman–Crippen MR) is 91.1 cm³/mol. The standard InChI is InChI=1S/C17H23FN4/c1-4-6-15(19)13(17(20)21)10-9-12(3)22-16-11(2)7-5-8-14(16)18/h5-10,22H,4,19H2,1-3H3,(H3,20,21)/b12-9+,13-10+,15-6-. The lowest BCUT2D eigenvalue weighted by molar-refractivity contribution is 0.630. The molecule has 0 unspecified atom stereocenters. The van der Waals surface area contributed by atoms with Crippen LogP contribution in [-0.4, -0.2) is 5.84 Å². The number of nitrogens with one attached hydrogen (secondary N) is 2. The van der Waals surface area contributed by atoms with Gasteiger partial charge in [-0.1, -0.05) is 25.1 Å². The van der Waals surface area contributed by atoms with Gasteiger partial charge in [0.05, 0.1) is 5.69 Å². The van der Waals surface area contributed by atoms with Gasteiger partial charge < -0.3 is 16.8 Å². The van der Waals surface area contributed by atoms with Crippen molar-refractivity contribution in [1.29, 1.82) is 5.41 Å². The molecule has 0 aromatic heterocycles. The van der Waals surface area contributed by atoms with Crippen molar-refractivity contribution in [3.05, 3.63) is 64.8 Å². The summed E-state index contributed by atoms with van der Waals surface area (Å²) in [5.41, 5.74) is 14.3. The Balaban J connectivity index is 3.03. The molecule has 0 bridgehead atoms. The molecule has 4 nitrogen and oxygen atoms in total. The van der Waals surface area contributed by atoms with E-state index in [9.17, 15) is 4.39 Å². The van der Waals surface area contributed by atoms with Crippen LogP contribution < -0.4 is 16.8 Å². The third kappa shape index (κ3) is 4.77. The summed E-state index contributed by atoms with van der Waals surface area (Å²) in [6.07, 6.45) is 5.93.